The van der Waals surface area contributed by atoms with Gasteiger partial charge < -0.3 is 44.1 Å². The molecule has 2 atom stereocenters. The summed E-state index contributed by atoms with van der Waals surface area (Å²) in [6.45, 7) is 12.0. The third-order valence-corrected chi connectivity index (χ3v) is 16.4. The fourth-order valence-corrected chi connectivity index (χ4v) is 12.2. The van der Waals surface area contributed by atoms with E-state index in [4.69, 9.17) is 42.4 Å². The lowest BCUT2D eigenvalue weighted by Gasteiger charge is -2.47. The van der Waals surface area contributed by atoms with Gasteiger partial charge in [0.05, 0.1) is 73.1 Å². The number of aromatic nitrogens is 8. The van der Waals surface area contributed by atoms with Crippen LogP contribution in [-0.2, 0) is 38.4 Å². The van der Waals surface area contributed by atoms with Crippen molar-refractivity contribution in [2.75, 3.05) is 55.0 Å². The third-order valence-electron chi connectivity index (χ3n) is 14.5. The number of aliphatic hydroxyl groups excluding tert-OH is 1. The molecule has 28 heteroatoms. The molecule has 2 aromatic carbocycles. The number of ether oxygens (including phenoxy) is 3. The van der Waals surface area contributed by atoms with Gasteiger partial charge in [0, 0.05) is 60.7 Å². The maximum Gasteiger partial charge on any atom is 0.425 e. The van der Waals surface area contributed by atoms with Crippen LogP contribution in [0.2, 0.25) is 8.93 Å². The molecule has 2 aliphatic rings. The number of hydrogen-bond acceptors (Lipinski definition) is 19. The first-order valence-electron chi connectivity index (χ1n) is 27.4. The van der Waals surface area contributed by atoms with Gasteiger partial charge in [0.15, 0.2) is 25.9 Å². The Morgan fingerprint density at radius 3 is 1.78 bits per heavy atom. The first-order valence-corrected chi connectivity index (χ1v) is 29.9. The number of carbonyl (C=O) groups excluding carboxylic acids is 3. The highest BCUT2D eigenvalue weighted by atomic mass is 35.5. The van der Waals surface area contributed by atoms with E-state index in [1.54, 1.807) is 101 Å². The quantitative estimate of drug-likeness (QED) is 0.0961. The number of fused-ring (bicyclic) bond motifs is 1. The van der Waals surface area contributed by atoms with Crippen LogP contribution in [0.3, 0.4) is 0 Å². The average molecular weight is 1270 g/mol. The molecule has 2 unspecified atom stereocenters. The van der Waals surface area contributed by atoms with Crippen LogP contribution >= 0.6 is 45.9 Å². The highest BCUT2D eigenvalue weighted by Gasteiger charge is 2.46. The fraction of sp³-hybridized carbons (Fsp3) is 0.373. The molecule has 87 heavy (non-hydrogen) atoms. The zero-order valence-electron chi connectivity index (χ0n) is 48.8. The number of anilines is 3. The Morgan fingerprint density at radius 2 is 1.26 bits per heavy atom. The number of pyridine rings is 2. The number of methoxy groups -OCH3 is 1. The summed E-state index contributed by atoms with van der Waals surface area (Å²) in [5.41, 5.74) is 3.53. The molecule has 3 N–H and O–H groups in total. The molecule has 8 heterocycles. The molecule has 22 nitrogen and oxygen atoms in total. The van der Waals surface area contributed by atoms with Crippen LogP contribution in [0.15, 0.2) is 96.5 Å². The predicted octanol–water partition coefficient (Wildman–Crippen LogP) is 12.3. The van der Waals surface area contributed by atoms with Crippen molar-refractivity contribution in [1.82, 2.24) is 49.7 Å². The maximum atomic E-state index is 13.9. The number of nitrogens with zero attached hydrogens (tertiary/aromatic N) is 12. The molecular weight excluding hydrogens is 1210 g/mol. The van der Waals surface area contributed by atoms with Gasteiger partial charge in [-0.2, -0.15) is 4.90 Å². The molecule has 6 aromatic heterocycles. The second-order valence-corrected chi connectivity index (χ2v) is 25.6. The summed E-state index contributed by atoms with van der Waals surface area (Å²) < 4.78 is 45.8. The summed E-state index contributed by atoms with van der Waals surface area (Å²) in [5, 5.41) is 26.5. The molecule has 2 saturated heterocycles. The summed E-state index contributed by atoms with van der Waals surface area (Å²) in [4.78, 5) is 89.4. The molecule has 8 aromatic rings. The molecule has 458 valence electrons. The van der Waals surface area contributed by atoms with Crippen LogP contribution in [0.1, 0.15) is 89.7 Å². The van der Waals surface area contributed by atoms with Gasteiger partial charge in [-0.1, -0.05) is 23.2 Å². The molecule has 10 rings (SSSR count). The Balaban J connectivity index is 0.000000239. The van der Waals surface area contributed by atoms with Crippen LogP contribution < -0.4 is 20.0 Å². The second kappa shape index (κ2) is 26.0. The number of benzene rings is 2. The van der Waals surface area contributed by atoms with Crippen LogP contribution in [-0.4, -0.2) is 130 Å². The number of rotatable bonds is 12. The third kappa shape index (κ3) is 14.5. The van der Waals surface area contributed by atoms with Gasteiger partial charge in [0.25, 0.3) is 0 Å². The zero-order chi connectivity index (χ0) is 62.6. The maximum absolute atomic E-state index is 13.9. The van der Waals surface area contributed by atoms with Gasteiger partial charge >= 0.3 is 24.4 Å². The molecule has 2 fully saturated rings. The number of amides is 4. The van der Waals surface area contributed by atoms with E-state index in [1.165, 1.54) is 71.6 Å². The van der Waals surface area contributed by atoms with Gasteiger partial charge in [0.2, 0.25) is 0 Å². The molecular formula is C59H63Cl2F2N13O9S2. The smallest absolute Gasteiger partial charge is 0.425 e. The first kappa shape index (κ1) is 63.3. The topological polar surface area (TPSA) is 257 Å². The summed E-state index contributed by atoms with van der Waals surface area (Å²) >= 11 is 14.9. The van der Waals surface area contributed by atoms with Gasteiger partial charge in [-0.15, -0.1) is 22.7 Å². The number of aliphatic hydroxyl groups is 1. The van der Waals surface area contributed by atoms with E-state index in [0.717, 1.165) is 28.9 Å². The Morgan fingerprint density at radius 1 is 0.736 bits per heavy atom. The number of imide groups is 1. The van der Waals surface area contributed by atoms with Crippen molar-refractivity contribution in [2.45, 2.75) is 103 Å². The Bertz CT molecular complexity index is 3780. The van der Waals surface area contributed by atoms with E-state index >= 15 is 0 Å². The minimum Gasteiger partial charge on any atom is -0.465 e. The van der Waals surface area contributed by atoms with Gasteiger partial charge in [-0.25, -0.2) is 52.9 Å². The predicted molar refractivity (Wildman–Crippen MR) is 326 cm³/mol. The van der Waals surface area contributed by atoms with Crippen molar-refractivity contribution in [3.8, 4) is 22.5 Å². The highest BCUT2D eigenvalue weighted by Crippen LogP contribution is 2.42. The highest BCUT2D eigenvalue weighted by molar-refractivity contribution is 7.14. The van der Waals surface area contributed by atoms with Crippen LogP contribution in [0.5, 0.6) is 0 Å². The lowest BCUT2D eigenvalue weighted by molar-refractivity contribution is 0.0428. The number of carboxylic acid groups (broad SMARTS) is 1. The largest absolute Gasteiger partial charge is 0.465 e. The SMILES string of the molecule is CN(C(=O)O)C1(c2csc(Cl)n2)CCCN(c2cnc(-c3ccc(F)cc3)cc2CO)C1.COC(=O)NC1(c2csc(Cl)n2)CCCN(c2cnc(-c3ccc(F)cc3)cc2Cn2cnc3c(N(C(=O)OC(C)(C)C)C(=O)OC(C)(C)C)ncnc32)C1. The van der Waals surface area contributed by atoms with E-state index in [-0.39, 0.29) is 36.1 Å². The minimum absolute atomic E-state index is 0.120. The zero-order valence-corrected chi connectivity index (χ0v) is 51.9. The number of carbonyl (C=O) groups is 4. The van der Waals surface area contributed by atoms with E-state index in [2.05, 4.69) is 40.1 Å². The molecule has 0 bridgehead atoms. The number of thiazole rings is 2. The van der Waals surface area contributed by atoms with Crippen molar-refractivity contribution in [1.29, 1.82) is 0 Å². The molecule has 4 amide bonds. The summed E-state index contributed by atoms with van der Waals surface area (Å²) in [6.07, 6.45) is 5.10. The lowest BCUT2D eigenvalue weighted by Crippen LogP contribution is -2.57. The number of piperidine rings is 2. The fourth-order valence-electron chi connectivity index (χ4n) is 10.5. The normalized spacial score (nSPS) is 17.0. The molecule has 0 spiro atoms. The average Bonchev–Trinajstić information content (AvgIpc) is 2.08. The number of imidazole rings is 1. The van der Waals surface area contributed by atoms with Crippen LogP contribution in [0, 0.1) is 11.6 Å². The molecule has 2 aliphatic heterocycles. The van der Waals surface area contributed by atoms with Crippen molar-refractivity contribution >= 4 is 98.6 Å². The Kier molecular flexibility index (Phi) is 19.0. The number of halogens is 4. The monoisotopic (exact) mass is 1270 g/mol. The summed E-state index contributed by atoms with van der Waals surface area (Å²) in [5.74, 6) is -0.828. The van der Waals surface area contributed by atoms with Crippen molar-refractivity contribution in [3.05, 3.63) is 140 Å². The van der Waals surface area contributed by atoms with E-state index in [9.17, 15) is 38.2 Å². The minimum atomic E-state index is -1.05. The number of alkyl carbamates (subject to hydrolysis) is 1. The summed E-state index contributed by atoms with van der Waals surface area (Å²) in [6, 6.07) is 15.7. The lowest BCUT2D eigenvalue weighted by atomic mass is 9.84. The Hall–Kier alpha value is -8.17. The van der Waals surface area contributed by atoms with Gasteiger partial charge in [-0.05, 0) is 133 Å². The van der Waals surface area contributed by atoms with Crippen molar-refractivity contribution in [2.24, 2.45) is 0 Å². The first-order chi connectivity index (χ1) is 41.3. The van der Waals surface area contributed by atoms with Gasteiger partial charge in [-0.3, -0.25) is 14.9 Å². The van der Waals surface area contributed by atoms with Crippen molar-refractivity contribution < 1.29 is 52.4 Å². The summed E-state index contributed by atoms with van der Waals surface area (Å²) in [7, 11) is 2.85. The number of likely N-dealkylation sites (N-methyl/N-ethyl adjacent to an activating group) is 1. The molecule has 0 aliphatic carbocycles. The van der Waals surface area contributed by atoms with E-state index in [0.29, 0.717) is 98.8 Å². The van der Waals surface area contributed by atoms with Crippen LogP contribution in [0.4, 0.5) is 45.2 Å². The number of hydrogen-bond donors (Lipinski definition) is 3. The molecule has 0 saturated carbocycles. The van der Waals surface area contributed by atoms with Crippen molar-refractivity contribution in [3.63, 3.8) is 0 Å². The number of nitrogens with one attached hydrogen (secondary N) is 1. The van der Waals surface area contributed by atoms with E-state index < -0.39 is 46.7 Å². The molecule has 0 radical (unpaired) electrons. The second-order valence-electron chi connectivity index (χ2n) is 22.7. The van der Waals surface area contributed by atoms with E-state index in [1.807, 2.05) is 16.3 Å². The standard InChI is InChI=1S/C37H41ClFN9O6S.C22H22ClFN4O3S/c1-35(2,3)53-33(50)48(34(51)54-36(4,5)6)30-28-29(41-20-42-30)47(21-43-28)17-23-15-25(22-9-11-24(39)12-10-22)40-16-26(23)46-14-8-13-37(19-46,45-32(49)52-7)27-18-55-31(38)44-27;1-27(21(30)31)22(19-12-32-20(23)26-19)7-2-8-28(13-22)18-10-25-17(9-15(18)11-29)14-3-5-16(24)6-4-14/h9-12,15-16,18,20-21H,8,13-14,17,19H2,1-7H3,(H,45,49);3-6,9-10,12,29H,2,7-8,11,13H2,1H3,(H,30,31). The Labute approximate surface area is 517 Å². The van der Waals surface area contributed by atoms with Gasteiger partial charge in [0.1, 0.15) is 40.2 Å². The van der Waals surface area contributed by atoms with Crippen LogP contribution in [0.25, 0.3) is 33.7 Å².